The maximum absolute atomic E-state index is 2.50. The number of hydrogen-bond acceptors (Lipinski definition) is 5. The van der Waals surface area contributed by atoms with E-state index in [0.717, 1.165) is 73.5 Å². The summed E-state index contributed by atoms with van der Waals surface area (Å²) in [6, 6.07) is 106. The van der Waals surface area contributed by atoms with Gasteiger partial charge in [0.25, 0.3) is 0 Å². The number of anilines is 9. The lowest BCUT2D eigenvalue weighted by atomic mass is 9.99. The van der Waals surface area contributed by atoms with Crippen LogP contribution in [0.4, 0.5) is 51.2 Å². The lowest BCUT2D eigenvalue weighted by Gasteiger charge is -2.30. The fraction of sp³-hybridized carbons (Fsp3) is 0. The van der Waals surface area contributed by atoms with E-state index in [9.17, 15) is 0 Å². The van der Waals surface area contributed by atoms with E-state index in [1.54, 1.807) is 0 Å². The van der Waals surface area contributed by atoms with Crippen LogP contribution in [0.15, 0.2) is 291 Å². The second-order valence-corrected chi connectivity index (χ2v) is 21.9. The molecule has 0 amide bonds. The van der Waals surface area contributed by atoms with Crippen molar-refractivity contribution in [2.45, 2.75) is 0 Å². The maximum atomic E-state index is 2.50. The van der Waals surface area contributed by atoms with Crippen molar-refractivity contribution >= 4 is 136 Å². The molecule has 4 nitrogen and oxygen atoms in total. The lowest BCUT2D eigenvalue weighted by Crippen LogP contribution is -2.13. The van der Waals surface area contributed by atoms with Crippen molar-refractivity contribution in [1.82, 2.24) is 4.57 Å². The van der Waals surface area contributed by atoms with Gasteiger partial charge in [-0.3, -0.25) is 0 Å². The Hall–Kier alpha value is -9.72. The van der Waals surface area contributed by atoms with E-state index in [0.29, 0.717) is 0 Å². The van der Waals surface area contributed by atoms with E-state index in [1.807, 2.05) is 22.7 Å². The van der Waals surface area contributed by atoms with Gasteiger partial charge >= 0.3 is 0 Å². The fourth-order valence-electron chi connectivity index (χ4n) is 11.6. The van der Waals surface area contributed by atoms with Gasteiger partial charge in [0.2, 0.25) is 0 Å². The van der Waals surface area contributed by atoms with Crippen LogP contribution in [0.1, 0.15) is 0 Å². The van der Waals surface area contributed by atoms with Crippen LogP contribution >= 0.6 is 22.7 Å². The Balaban J connectivity index is 0.940. The molecule has 0 bridgehead atoms. The zero-order valence-corrected chi connectivity index (χ0v) is 44.0. The summed E-state index contributed by atoms with van der Waals surface area (Å²) < 4.78 is 7.47. The number of rotatable bonds is 11. The van der Waals surface area contributed by atoms with Gasteiger partial charge in [-0.15, -0.1) is 22.7 Å². The summed E-state index contributed by atoms with van der Waals surface area (Å²) in [6.07, 6.45) is 0. The maximum Gasteiger partial charge on any atom is 0.0640 e. The first kappa shape index (κ1) is 45.7. The highest BCUT2D eigenvalue weighted by molar-refractivity contribution is 7.26. The number of nitrogens with zero attached hydrogens (tertiary/aromatic N) is 4. The average molecular weight is 1030 g/mol. The summed E-state index contributed by atoms with van der Waals surface area (Å²) in [5, 5.41) is 7.47. The second kappa shape index (κ2) is 19.1. The van der Waals surface area contributed by atoms with Crippen LogP contribution in [0, 0.1) is 0 Å². The molecule has 0 fully saturated rings. The number of aromatic nitrogens is 1. The van der Waals surface area contributed by atoms with Crippen molar-refractivity contribution in [2.24, 2.45) is 0 Å². The van der Waals surface area contributed by atoms with Crippen molar-refractivity contribution in [3.05, 3.63) is 291 Å². The van der Waals surface area contributed by atoms with E-state index < -0.39 is 0 Å². The van der Waals surface area contributed by atoms with E-state index in [1.165, 1.54) is 56.6 Å². The molecule has 0 atom stereocenters. The highest BCUT2D eigenvalue weighted by Crippen LogP contribution is 2.49. The van der Waals surface area contributed by atoms with Crippen LogP contribution in [0.25, 0.3) is 79.0 Å². The summed E-state index contributed by atoms with van der Waals surface area (Å²) in [4.78, 5) is 7.23. The van der Waals surface area contributed by atoms with Gasteiger partial charge < -0.3 is 19.3 Å². The Bertz CT molecular complexity index is 4500. The predicted molar refractivity (Wildman–Crippen MR) is 336 cm³/mol. The van der Waals surface area contributed by atoms with Crippen molar-refractivity contribution in [3.8, 4) is 16.8 Å². The topological polar surface area (TPSA) is 14.7 Å². The normalized spacial score (nSPS) is 11.6. The molecular formula is C72H48N4S2. The number of hydrogen-bond donors (Lipinski definition) is 0. The smallest absolute Gasteiger partial charge is 0.0640 e. The number of thiophene rings is 2. The summed E-state index contributed by atoms with van der Waals surface area (Å²) in [5.74, 6) is 0. The fourth-order valence-corrected chi connectivity index (χ4v) is 13.9. The summed E-state index contributed by atoms with van der Waals surface area (Å²) >= 11 is 3.73. The third-order valence-corrected chi connectivity index (χ3v) is 17.4. The first-order valence-corrected chi connectivity index (χ1v) is 28.0. The zero-order valence-electron chi connectivity index (χ0n) is 42.3. The molecule has 15 aromatic rings. The SMILES string of the molecule is c1ccc(N(c2ccccc2)c2cc(-c3ccc4sc5c(N(c6ccc7sc8ccccc8c7c6)c6ccc7c8ccccc8n(-c8ccccc8)c7c6)cccc5c4c3)cc(N(c3ccccc3)c3ccccc3)c2)cc1. The largest absolute Gasteiger partial charge is 0.310 e. The Morgan fingerprint density at radius 1 is 0.244 bits per heavy atom. The Morgan fingerprint density at radius 2 is 0.731 bits per heavy atom. The van der Waals surface area contributed by atoms with Crippen LogP contribution in [0.3, 0.4) is 0 Å². The number of benzene rings is 12. The third-order valence-electron chi connectivity index (χ3n) is 15.1. The molecule has 368 valence electrons. The molecule has 0 unspecified atom stereocenters. The molecule has 15 rings (SSSR count). The standard InChI is InChI=1S/C72H48N4S2/c1-6-21-51(22-7-1)73(52-23-8-2-9-24-52)58-43-50(44-59(46-58)74(53-25-10-3-11-26-53)54-27-12-4-13-28-54)49-37-41-71-64(45-49)63-33-20-35-67(72(63)78-71)75(56-39-42-70-65(47-56)62-32-17-19-36-69(62)77-70)57-38-40-61-60-31-16-18-34-66(60)76(68(61)48-57)55-29-14-5-15-30-55/h1-48H. The van der Waals surface area contributed by atoms with Crippen molar-refractivity contribution in [2.75, 3.05) is 14.7 Å². The van der Waals surface area contributed by atoms with E-state index in [2.05, 4.69) is 310 Å². The van der Waals surface area contributed by atoms with Crippen molar-refractivity contribution in [3.63, 3.8) is 0 Å². The monoisotopic (exact) mass is 1030 g/mol. The van der Waals surface area contributed by atoms with Crippen LogP contribution in [0.5, 0.6) is 0 Å². The minimum absolute atomic E-state index is 1.06. The molecule has 0 spiro atoms. The molecule has 12 aromatic carbocycles. The molecule has 6 heteroatoms. The van der Waals surface area contributed by atoms with Gasteiger partial charge in [-0.25, -0.2) is 0 Å². The average Bonchev–Trinajstić information content (AvgIpc) is 4.22. The van der Waals surface area contributed by atoms with E-state index in [4.69, 9.17) is 0 Å². The van der Waals surface area contributed by atoms with Gasteiger partial charge in [-0.1, -0.05) is 152 Å². The molecule has 78 heavy (non-hydrogen) atoms. The highest BCUT2D eigenvalue weighted by atomic mass is 32.1. The Morgan fingerprint density at radius 3 is 1.38 bits per heavy atom. The zero-order chi connectivity index (χ0) is 51.5. The van der Waals surface area contributed by atoms with Crippen molar-refractivity contribution < 1.29 is 0 Å². The van der Waals surface area contributed by atoms with E-state index in [-0.39, 0.29) is 0 Å². The minimum atomic E-state index is 1.06. The summed E-state index contributed by atoms with van der Waals surface area (Å²) in [7, 11) is 0. The number of para-hydroxylation sites is 6. The van der Waals surface area contributed by atoms with Gasteiger partial charge in [-0.05, 0) is 151 Å². The van der Waals surface area contributed by atoms with Gasteiger partial charge in [0.05, 0.1) is 21.4 Å². The molecule has 0 N–H and O–H groups in total. The molecule has 3 heterocycles. The molecule has 0 saturated heterocycles. The molecule has 0 aliphatic rings. The minimum Gasteiger partial charge on any atom is -0.310 e. The first-order chi connectivity index (χ1) is 38.7. The van der Waals surface area contributed by atoms with E-state index >= 15 is 0 Å². The quantitative estimate of drug-likeness (QED) is 0.128. The molecule has 0 saturated carbocycles. The summed E-state index contributed by atoms with van der Waals surface area (Å²) in [6.45, 7) is 0. The number of fused-ring (bicyclic) bond motifs is 9. The predicted octanol–water partition coefficient (Wildman–Crippen LogP) is 21.6. The Labute approximate surface area is 460 Å². The van der Waals surface area contributed by atoms with Gasteiger partial charge in [0.1, 0.15) is 0 Å². The summed E-state index contributed by atoms with van der Waals surface area (Å²) in [5.41, 5.74) is 15.6. The van der Waals surface area contributed by atoms with Gasteiger partial charge in [-0.2, -0.15) is 0 Å². The molecule has 0 radical (unpaired) electrons. The molecule has 0 aliphatic carbocycles. The van der Waals surface area contributed by atoms with Crippen LogP contribution in [0.2, 0.25) is 0 Å². The third kappa shape index (κ3) is 7.88. The highest BCUT2D eigenvalue weighted by Gasteiger charge is 2.24. The first-order valence-electron chi connectivity index (χ1n) is 26.4. The van der Waals surface area contributed by atoms with Crippen molar-refractivity contribution in [1.29, 1.82) is 0 Å². The Kier molecular flexibility index (Phi) is 11.2. The molecule has 0 aliphatic heterocycles. The van der Waals surface area contributed by atoms with Gasteiger partial charge in [0.15, 0.2) is 0 Å². The lowest BCUT2D eigenvalue weighted by molar-refractivity contribution is 1.18. The second-order valence-electron chi connectivity index (χ2n) is 19.7. The molecular weight excluding hydrogens is 985 g/mol. The molecule has 3 aromatic heterocycles. The van der Waals surface area contributed by atoms with Crippen LogP contribution in [-0.2, 0) is 0 Å². The van der Waals surface area contributed by atoms with Crippen LogP contribution < -0.4 is 14.7 Å². The van der Waals surface area contributed by atoms with Crippen LogP contribution in [-0.4, -0.2) is 4.57 Å². The van der Waals surface area contributed by atoms with Gasteiger partial charge in [0, 0.05) is 97.6 Å².